The third-order valence-electron chi connectivity index (χ3n) is 4.70. The number of aromatic nitrogens is 3. The lowest BCUT2D eigenvalue weighted by Crippen LogP contribution is -2.25. The smallest absolute Gasteiger partial charge is 0.276 e. The van der Waals surface area contributed by atoms with E-state index in [-0.39, 0.29) is 11.4 Å². The summed E-state index contributed by atoms with van der Waals surface area (Å²) in [7, 11) is 0. The molecule has 3 aromatic rings. The van der Waals surface area contributed by atoms with E-state index in [9.17, 15) is 9.18 Å². The molecular weight excluding hydrogens is 293 g/mol. The summed E-state index contributed by atoms with van der Waals surface area (Å²) in [4.78, 5) is 17.2. The summed E-state index contributed by atoms with van der Waals surface area (Å²) >= 11 is 0. The Kier molecular flexibility index (Phi) is 3.11. The largest absolute Gasteiger partial charge is 0.305 e. The molecule has 5 heteroatoms. The number of halogens is 1. The van der Waals surface area contributed by atoms with Gasteiger partial charge in [-0.1, -0.05) is 19.1 Å². The van der Waals surface area contributed by atoms with Gasteiger partial charge in [-0.25, -0.2) is 9.37 Å². The van der Waals surface area contributed by atoms with Gasteiger partial charge in [0.25, 0.3) is 5.56 Å². The number of aryl methyl sites for hydroxylation is 1. The van der Waals surface area contributed by atoms with Gasteiger partial charge in [-0.2, -0.15) is 0 Å². The maximum atomic E-state index is 13.4. The molecule has 0 amide bonds. The lowest BCUT2D eigenvalue weighted by atomic mass is 10.2. The normalized spacial score (nSPS) is 20.1. The minimum Gasteiger partial charge on any atom is -0.305 e. The summed E-state index contributed by atoms with van der Waals surface area (Å²) in [6.45, 7) is 4.46. The highest BCUT2D eigenvalue weighted by Crippen LogP contribution is 2.46. The molecule has 4 nitrogen and oxygen atoms in total. The zero-order chi connectivity index (χ0) is 16.1. The van der Waals surface area contributed by atoms with Crippen LogP contribution in [0.3, 0.4) is 0 Å². The number of hydrogen-bond acceptors (Lipinski definition) is 2. The van der Waals surface area contributed by atoms with Gasteiger partial charge in [-0.15, -0.1) is 0 Å². The summed E-state index contributed by atoms with van der Waals surface area (Å²) in [5.41, 5.74) is 2.12. The zero-order valence-corrected chi connectivity index (χ0v) is 13.2. The maximum absolute atomic E-state index is 13.4. The number of nitrogens with zero attached hydrogens (tertiary/aromatic N) is 3. The van der Waals surface area contributed by atoms with Gasteiger partial charge in [0, 0.05) is 17.8 Å². The zero-order valence-electron chi connectivity index (χ0n) is 13.2. The summed E-state index contributed by atoms with van der Waals surface area (Å²) in [5.74, 6) is 1.78. The van der Waals surface area contributed by atoms with Crippen LogP contribution < -0.4 is 5.56 Å². The van der Waals surface area contributed by atoms with Crippen molar-refractivity contribution in [2.24, 2.45) is 5.92 Å². The van der Waals surface area contributed by atoms with E-state index in [2.05, 4.69) is 11.9 Å². The molecule has 4 rings (SSSR count). The molecule has 118 valence electrons. The highest BCUT2D eigenvalue weighted by molar-refractivity contribution is 5.46. The molecule has 0 bridgehead atoms. The molecule has 0 aliphatic heterocycles. The summed E-state index contributed by atoms with van der Waals surface area (Å²) in [6, 6.07) is 6.36. The van der Waals surface area contributed by atoms with Crippen LogP contribution in [0.25, 0.3) is 5.52 Å². The predicted octanol–water partition coefficient (Wildman–Crippen LogP) is 3.12. The number of fused-ring (bicyclic) bond motifs is 1. The Morgan fingerprint density at radius 2 is 2.17 bits per heavy atom. The van der Waals surface area contributed by atoms with Crippen molar-refractivity contribution in [2.45, 2.75) is 32.7 Å². The first kappa shape index (κ1) is 14.2. The van der Waals surface area contributed by atoms with E-state index in [0.29, 0.717) is 23.9 Å². The van der Waals surface area contributed by atoms with Crippen molar-refractivity contribution in [3.05, 3.63) is 69.9 Å². The second-order valence-corrected chi connectivity index (χ2v) is 6.48. The van der Waals surface area contributed by atoms with E-state index in [0.717, 1.165) is 23.5 Å². The number of hydrogen-bond donors (Lipinski definition) is 0. The van der Waals surface area contributed by atoms with Crippen LogP contribution >= 0.6 is 0 Å². The quantitative estimate of drug-likeness (QED) is 0.745. The molecule has 0 spiro atoms. The molecule has 2 heterocycles. The van der Waals surface area contributed by atoms with E-state index >= 15 is 0 Å². The topological polar surface area (TPSA) is 39.3 Å². The van der Waals surface area contributed by atoms with Gasteiger partial charge in [0.1, 0.15) is 17.2 Å². The van der Waals surface area contributed by atoms with Gasteiger partial charge >= 0.3 is 0 Å². The Labute approximate surface area is 133 Å². The van der Waals surface area contributed by atoms with E-state index in [1.54, 1.807) is 16.8 Å². The van der Waals surface area contributed by atoms with Crippen LogP contribution in [0.2, 0.25) is 0 Å². The van der Waals surface area contributed by atoms with Crippen LogP contribution in [0.15, 0.2) is 41.5 Å². The van der Waals surface area contributed by atoms with Gasteiger partial charge < -0.3 is 4.57 Å². The molecule has 0 radical (unpaired) electrons. The fraction of sp³-hybridized carbons (Fsp3) is 0.333. The Bertz CT molecular complexity index is 957. The van der Waals surface area contributed by atoms with Gasteiger partial charge in [-0.05, 0) is 37.0 Å². The van der Waals surface area contributed by atoms with Crippen LogP contribution in [-0.2, 0) is 6.54 Å². The van der Waals surface area contributed by atoms with E-state index in [1.807, 2.05) is 23.6 Å². The minimum atomic E-state index is -0.288. The molecular formula is C18H18FN3O. The van der Waals surface area contributed by atoms with Crippen molar-refractivity contribution in [1.29, 1.82) is 0 Å². The molecule has 1 saturated carbocycles. The Morgan fingerprint density at radius 1 is 1.39 bits per heavy atom. The lowest BCUT2D eigenvalue weighted by molar-refractivity contribution is 0.621. The van der Waals surface area contributed by atoms with E-state index in [1.165, 1.54) is 12.1 Å². The molecule has 0 saturated heterocycles. The second kappa shape index (κ2) is 5.05. The van der Waals surface area contributed by atoms with Crippen LogP contribution in [0.4, 0.5) is 4.39 Å². The van der Waals surface area contributed by atoms with Crippen molar-refractivity contribution in [1.82, 2.24) is 14.0 Å². The third kappa shape index (κ3) is 2.36. The molecule has 0 N–H and O–H groups in total. The first-order valence-electron chi connectivity index (χ1n) is 7.86. The first-order valence-corrected chi connectivity index (χ1v) is 7.86. The average Bonchev–Trinajstić information content (AvgIpc) is 3.07. The molecule has 23 heavy (non-hydrogen) atoms. The number of benzene rings is 1. The van der Waals surface area contributed by atoms with Gasteiger partial charge in [0.2, 0.25) is 0 Å². The first-order chi connectivity index (χ1) is 11.0. The van der Waals surface area contributed by atoms with Crippen molar-refractivity contribution in [3.8, 4) is 0 Å². The van der Waals surface area contributed by atoms with E-state index < -0.39 is 0 Å². The Morgan fingerprint density at radius 3 is 2.87 bits per heavy atom. The lowest BCUT2D eigenvalue weighted by Gasteiger charge is -2.12. The standard InChI is InChI=1S/C18H18FN3O/c1-11-6-15(11)17-20-8-16-18(23)21(12(2)9-22(16)17)10-13-4-3-5-14(19)7-13/h3-5,7-9,11,15H,6,10H2,1-2H3/t11-,15-/m1/s1. The number of rotatable bonds is 3. The van der Waals surface area contributed by atoms with Crippen LogP contribution in [-0.4, -0.2) is 14.0 Å². The highest BCUT2D eigenvalue weighted by Gasteiger charge is 2.37. The van der Waals surface area contributed by atoms with Crippen molar-refractivity contribution >= 4 is 5.52 Å². The molecule has 0 unspecified atom stereocenters. The van der Waals surface area contributed by atoms with Crippen molar-refractivity contribution in [3.63, 3.8) is 0 Å². The monoisotopic (exact) mass is 311 g/mol. The van der Waals surface area contributed by atoms with Gasteiger partial charge in [0.15, 0.2) is 0 Å². The van der Waals surface area contributed by atoms with Crippen LogP contribution in [0, 0.1) is 18.7 Å². The van der Waals surface area contributed by atoms with E-state index in [4.69, 9.17) is 0 Å². The molecule has 1 aliphatic rings. The van der Waals surface area contributed by atoms with Crippen molar-refractivity contribution < 1.29 is 4.39 Å². The van der Waals surface area contributed by atoms with Crippen molar-refractivity contribution in [2.75, 3.05) is 0 Å². The molecule has 1 fully saturated rings. The third-order valence-corrected chi connectivity index (χ3v) is 4.70. The molecule has 1 aromatic carbocycles. The minimum absolute atomic E-state index is 0.0821. The second-order valence-electron chi connectivity index (χ2n) is 6.48. The fourth-order valence-electron chi connectivity index (χ4n) is 3.19. The Hall–Kier alpha value is -2.43. The summed E-state index contributed by atoms with van der Waals surface area (Å²) in [5, 5.41) is 0. The SMILES string of the molecule is Cc1cn2c([C@@H]3C[C@H]3C)ncc2c(=O)n1Cc1cccc(F)c1. The molecule has 2 atom stereocenters. The average molecular weight is 311 g/mol. The Balaban J connectivity index is 1.80. The van der Waals surface area contributed by atoms with Gasteiger partial charge in [0.05, 0.1) is 12.7 Å². The van der Waals surface area contributed by atoms with Crippen LogP contribution in [0.1, 0.15) is 36.3 Å². The summed E-state index contributed by atoms with van der Waals surface area (Å²) < 4.78 is 17.0. The number of imidazole rings is 1. The summed E-state index contributed by atoms with van der Waals surface area (Å²) in [6.07, 6.45) is 4.75. The molecule has 2 aromatic heterocycles. The maximum Gasteiger partial charge on any atom is 0.276 e. The molecule has 1 aliphatic carbocycles. The van der Waals surface area contributed by atoms with Gasteiger partial charge in [-0.3, -0.25) is 9.20 Å². The fourth-order valence-corrected chi connectivity index (χ4v) is 3.19. The highest BCUT2D eigenvalue weighted by atomic mass is 19.1. The predicted molar refractivity (Wildman–Crippen MR) is 86.2 cm³/mol. The van der Waals surface area contributed by atoms with Crippen LogP contribution in [0.5, 0.6) is 0 Å².